The number of benzene rings is 1. The van der Waals surface area contributed by atoms with Crippen LogP contribution < -0.4 is 5.32 Å². The first kappa shape index (κ1) is 16.3. The average molecular weight is 353 g/mol. The van der Waals surface area contributed by atoms with Gasteiger partial charge in [-0.2, -0.15) is 0 Å². The smallest absolute Gasteiger partial charge is 0.264 e. The van der Waals surface area contributed by atoms with Gasteiger partial charge in [0.15, 0.2) is 5.17 Å². The number of amidine groups is 1. The van der Waals surface area contributed by atoms with Crippen LogP contribution in [0.15, 0.2) is 46.4 Å². The van der Waals surface area contributed by atoms with Crippen LogP contribution in [0.3, 0.4) is 0 Å². The second kappa shape index (κ2) is 7.37. The van der Waals surface area contributed by atoms with Crippen LogP contribution in [-0.4, -0.2) is 35.8 Å². The van der Waals surface area contributed by atoms with Crippen LogP contribution in [0.4, 0.5) is 0 Å². The number of amides is 1. The molecule has 128 valence electrons. The van der Waals surface area contributed by atoms with Gasteiger partial charge in [0.2, 0.25) is 0 Å². The SMILES string of the molecule is O=C1NC(=NCC2CCOCC2)SC1=Cc1ccc2ncccc2c1. The van der Waals surface area contributed by atoms with Crippen LogP contribution in [0.25, 0.3) is 17.0 Å². The summed E-state index contributed by atoms with van der Waals surface area (Å²) in [7, 11) is 0. The molecule has 1 amide bonds. The number of thioether (sulfide) groups is 1. The summed E-state index contributed by atoms with van der Waals surface area (Å²) in [4.78, 5) is 21.8. The zero-order chi connectivity index (χ0) is 17.1. The highest BCUT2D eigenvalue weighted by molar-refractivity contribution is 8.18. The van der Waals surface area contributed by atoms with Gasteiger partial charge in [0, 0.05) is 31.3 Å². The summed E-state index contributed by atoms with van der Waals surface area (Å²) in [5, 5.41) is 4.63. The number of nitrogens with one attached hydrogen (secondary N) is 1. The van der Waals surface area contributed by atoms with E-state index in [2.05, 4.69) is 15.3 Å². The molecule has 2 aromatic rings. The summed E-state index contributed by atoms with van der Waals surface area (Å²) in [6, 6.07) is 9.93. The van der Waals surface area contributed by atoms with Gasteiger partial charge in [-0.25, -0.2) is 0 Å². The number of aliphatic imine (C=N–C) groups is 1. The first-order valence-electron chi connectivity index (χ1n) is 8.46. The van der Waals surface area contributed by atoms with Crippen molar-refractivity contribution in [3.8, 4) is 0 Å². The minimum absolute atomic E-state index is 0.0815. The first-order chi connectivity index (χ1) is 12.3. The van der Waals surface area contributed by atoms with E-state index in [1.165, 1.54) is 11.8 Å². The van der Waals surface area contributed by atoms with Crippen molar-refractivity contribution in [2.75, 3.05) is 19.8 Å². The Labute approximate surface area is 150 Å². The molecule has 3 heterocycles. The van der Waals surface area contributed by atoms with Crippen molar-refractivity contribution < 1.29 is 9.53 Å². The summed E-state index contributed by atoms with van der Waals surface area (Å²) in [6.07, 6.45) is 5.78. The molecule has 2 fully saturated rings. The molecule has 2 aliphatic rings. The molecule has 0 spiro atoms. The number of aromatic nitrogens is 1. The van der Waals surface area contributed by atoms with Gasteiger partial charge in [0.25, 0.3) is 5.91 Å². The summed E-state index contributed by atoms with van der Waals surface area (Å²) in [6.45, 7) is 2.38. The number of rotatable bonds is 3. The molecule has 0 aliphatic carbocycles. The Morgan fingerprint density at radius 1 is 1.32 bits per heavy atom. The standard InChI is InChI=1S/C19H19N3O2S/c23-18-17(11-14-3-4-16-15(10-14)2-1-7-20-16)25-19(22-18)21-12-13-5-8-24-9-6-13/h1-4,7,10-11,13H,5-6,8-9,12H2,(H,21,22,23). The van der Waals surface area contributed by atoms with Crippen molar-refractivity contribution in [3.63, 3.8) is 0 Å². The molecule has 1 aromatic carbocycles. The molecule has 0 atom stereocenters. The van der Waals surface area contributed by atoms with Crippen molar-refractivity contribution in [2.24, 2.45) is 10.9 Å². The van der Waals surface area contributed by atoms with Crippen LogP contribution in [0, 0.1) is 5.92 Å². The van der Waals surface area contributed by atoms with Gasteiger partial charge in [-0.1, -0.05) is 12.1 Å². The van der Waals surface area contributed by atoms with Crippen molar-refractivity contribution in [3.05, 3.63) is 47.0 Å². The van der Waals surface area contributed by atoms with E-state index in [1.54, 1.807) is 6.20 Å². The van der Waals surface area contributed by atoms with E-state index < -0.39 is 0 Å². The van der Waals surface area contributed by atoms with Gasteiger partial charge < -0.3 is 10.1 Å². The van der Waals surface area contributed by atoms with Gasteiger partial charge in [-0.3, -0.25) is 14.8 Å². The molecule has 0 radical (unpaired) electrons. The van der Waals surface area contributed by atoms with Crippen molar-refractivity contribution >= 4 is 39.8 Å². The van der Waals surface area contributed by atoms with Crippen LogP contribution in [0.2, 0.25) is 0 Å². The minimum Gasteiger partial charge on any atom is -0.381 e. The molecule has 1 N–H and O–H groups in total. The average Bonchev–Trinajstić information content (AvgIpc) is 3.00. The quantitative estimate of drug-likeness (QED) is 0.861. The Morgan fingerprint density at radius 2 is 2.20 bits per heavy atom. The Bertz CT molecular complexity index is 857. The van der Waals surface area contributed by atoms with Crippen molar-refractivity contribution in [1.82, 2.24) is 10.3 Å². The summed E-state index contributed by atoms with van der Waals surface area (Å²) >= 11 is 1.41. The Morgan fingerprint density at radius 3 is 3.08 bits per heavy atom. The fourth-order valence-electron chi connectivity index (χ4n) is 2.98. The lowest BCUT2D eigenvalue weighted by Crippen LogP contribution is -2.22. The summed E-state index contributed by atoms with van der Waals surface area (Å²) < 4.78 is 5.37. The molecule has 0 unspecified atom stereocenters. The maximum atomic E-state index is 12.2. The Balaban J connectivity index is 1.48. The third kappa shape index (κ3) is 3.91. The first-order valence-corrected chi connectivity index (χ1v) is 9.27. The van der Waals surface area contributed by atoms with E-state index in [9.17, 15) is 4.79 Å². The van der Waals surface area contributed by atoms with E-state index >= 15 is 0 Å². The number of ether oxygens (including phenoxy) is 1. The molecular weight excluding hydrogens is 334 g/mol. The third-order valence-electron chi connectivity index (χ3n) is 4.41. The lowest BCUT2D eigenvalue weighted by atomic mass is 10.0. The number of fused-ring (bicyclic) bond motifs is 1. The van der Waals surface area contributed by atoms with Gasteiger partial charge >= 0.3 is 0 Å². The van der Waals surface area contributed by atoms with E-state index in [0.29, 0.717) is 16.0 Å². The molecule has 2 aliphatic heterocycles. The number of nitrogens with zero attached hydrogens (tertiary/aromatic N) is 2. The van der Waals surface area contributed by atoms with E-state index in [4.69, 9.17) is 4.74 Å². The van der Waals surface area contributed by atoms with Crippen LogP contribution in [0.5, 0.6) is 0 Å². The second-order valence-electron chi connectivity index (χ2n) is 6.22. The highest BCUT2D eigenvalue weighted by atomic mass is 32.2. The number of hydrogen-bond donors (Lipinski definition) is 1. The largest absolute Gasteiger partial charge is 0.381 e. The molecule has 2 saturated heterocycles. The van der Waals surface area contributed by atoms with Gasteiger partial charge in [0.05, 0.1) is 10.4 Å². The molecule has 25 heavy (non-hydrogen) atoms. The minimum atomic E-state index is -0.0815. The maximum absolute atomic E-state index is 12.2. The number of carbonyl (C=O) groups is 1. The number of pyridine rings is 1. The Kier molecular flexibility index (Phi) is 4.81. The van der Waals surface area contributed by atoms with E-state index in [-0.39, 0.29) is 5.91 Å². The molecule has 4 rings (SSSR count). The lowest BCUT2D eigenvalue weighted by molar-refractivity contribution is -0.115. The van der Waals surface area contributed by atoms with Crippen molar-refractivity contribution in [1.29, 1.82) is 0 Å². The van der Waals surface area contributed by atoms with Crippen LogP contribution in [0.1, 0.15) is 18.4 Å². The van der Waals surface area contributed by atoms with E-state index in [0.717, 1.165) is 49.1 Å². The monoisotopic (exact) mass is 353 g/mol. The topological polar surface area (TPSA) is 63.6 Å². The van der Waals surface area contributed by atoms with Crippen molar-refractivity contribution in [2.45, 2.75) is 12.8 Å². The highest BCUT2D eigenvalue weighted by Crippen LogP contribution is 2.27. The third-order valence-corrected chi connectivity index (χ3v) is 5.36. The molecule has 0 saturated carbocycles. The molecule has 1 aromatic heterocycles. The molecular formula is C19H19N3O2S. The highest BCUT2D eigenvalue weighted by Gasteiger charge is 2.24. The predicted octanol–water partition coefficient (Wildman–Crippen LogP) is 3.22. The zero-order valence-electron chi connectivity index (χ0n) is 13.8. The number of hydrogen-bond acceptors (Lipinski definition) is 5. The van der Waals surface area contributed by atoms with Crippen LogP contribution in [-0.2, 0) is 9.53 Å². The number of carbonyl (C=O) groups excluding carboxylic acids is 1. The lowest BCUT2D eigenvalue weighted by Gasteiger charge is -2.19. The maximum Gasteiger partial charge on any atom is 0.264 e. The second-order valence-corrected chi connectivity index (χ2v) is 7.25. The fraction of sp³-hybridized carbons (Fsp3) is 0.316. The van der Waals surface area contributed by atoms with Gasteiger partial charge in [-0.05, 0) is 60.4 Å². The van der Waals surface area contributed by atoms with Gasteiger partial charge in [0.1, 0.15) is 0 Å². The van der Waals surface area contributed by atoms with Crippen LogP contribution >= 0.6 is 11.8 Å². The summed E-state index contributed by atoms with van der Waals surface area (Å²) in [5.41, 5.74) is 1.94. The molecule has 5 nitrogen and oxygen atoms in total. The normalized spacial score (nSPS) is 22.0. The predicted molar refractivity (Wildman–Crippen MR) is 101 cm³/mol. The summed E-state index contributed by atoms with van der Waals surface area (Å²) in [5.74, 6) is 0.474. The van der Waals surface area contributed by atoms with Gasteiger partial charge in [-0.15, -0.1) is 0 Å². The zero-order valence-corrected chi connectivity index (χ0v) is 14.6. The fourth-order valence-corrected chi connectivity index (χ4v) is 3.81. The van der Waals surface area contributed by atoms with E-state index in [1.807, 2.05) is 36.4 Å². The Hall–Kier alpha value is -2.18. The molecule has 0 bridgehead atoms. The molecule has 6 heteroatoms.